The first kappa shape index (κ1) is 14.2. The Balaban J connectivity index is 2.79. The van der Waals surface area contributed by atoms with Crippen LogP contribution in [0.4, 0.5) is 16.2 Å². The van der Waals surface area contributed by atoms with Crippen molar-refractivity contribution in [3.05, 3.63) is 33.3 Å². The summed E-state index contributed by atoms with van der Waals surface area (Å²) in [6.07, 6.45) is 0. The van der Waals surface area contributed by atoms with E-state index in [-0.39, 0.29) is 29.5 Å². The van der Waals surface area contributed by atoms with Gasteiger partial charge < -0.3 is 15.3 Å². The fourth-order valence-electron chi connectivity index (χ4n) is 1.18. The fourth-order valence-corrected chi connectivity index (χ4v) is 1.40. The number of aliphatic hydroxyl groups excluding tert-OH is 1. The van der Waals surface area contributed by atoms with Crippen LogP contribution in [0, 0.1) is 10.1 Å². The molecular formula is C10H12ClN3O4. The number of carbonyl (C=O) groups is 1. The second-order valence-corrected chi connectivity index (χ2v) is 3.90. The number of aliphatic hydroxyl groups is 1. The van der Waals surface area contributed by atoms with Crippen molar-refractivity contribution in [1.29, 1.82) is 0 Å². The number of nitro groups is 1. The summed E-state index contributed by atoms with van der Waals surface area (Å²) in [5, 5.41) is 21.7. The van der Waals surface area contributed by atoms with Crippen LogP contribution in [0.2, 0.25) is 5.02 Å². The van der Waals surface area contributed by atoms with Gasteiger partial charge in [-0.1, -0.05) is 11.6 Å². The Bertz CT molecular complexity index is 466. The van der Waals surface area contributed by atoms with Crippen LogP contribution < -0.4 is 5.32 Å². The van der Waals surface area contributed by atoms with Crippen LogP contribution in [0.15, 0.2) is 18.2 Å². The van der Waals surface area contributed by atoms with E-state index in [0.29, 0.717) is 0 Å². The van der Waals surface area contributed by atoms with Gasteiger partial charge in [0.1, 0.15) is 0 Å². The molecule has 1 rings (SSSR count). The third-order valence-corrected chi connectivity index (χ3v) is 2.50. The summed E-state index contributed by atoms with van der Waals surface area (Å²) >= 11 is 5.81. The van der Waals surface area contributed by atoms with Crippen LogP contribution in [-0.4, -0.2) is 41.2 Å². The minimum atomic E-state index is -0.574. The van der Waals surface area contributed by atoms with Gasteiger partial charge >= 0.3 is 6.03 Å². The summed E-state index contributed by atoms with van der Waals surface area (Å²) in [7, 11) is 1.50. The van der Waals surface area contributed by atoms with Crippen molar-refractivity contribution in [2.24, 2.45) is 0 Å². The lowest BCUT2D eigenvalue weighted by molar-refractivity contribution is -0.384. The van der Waals surface area contributed by atoms with Gasteiger partial charge in [0, 0.05) is 25.7 Å². The highest BCUT2D eigenvalue weighted by atomic mass is 35.5. The number of non-ortho nitro benzene ring substituents is 1. The number of nitro benzene ring substituents is 1. The SMILES string of the molecule is CN(CCO)C(=O)Nc1ccc([N+](=O)[O-])cc1Cl. The molecule has 0 heterocycles. The molecule has 2 N–H and O–H groups in total. The molecule has 98 valence electrons. The van der Waals surface area contributed by atoms with Gasteiger partial charge in [0.25, 0.3) is 5.69 Å². The molecule has 1 aromatic carbocycles. The van der Waals surface area contributed by atoms with Gasteiger partial charge in [-0.05, 0) is 6.07 Å². The number of nitrogens with one attached hydrogen (secondary N) is 1. The molecule has 1 aromatic rings. The Labute approximate surface area is 108 Å². The van der Waals surface area contributed by atoms with Gasteiger partial charge in [-0.25, -0.2) is 4.79 Å². The van der Waals surface area contributed by atoms with Crippen molar-refractivity contribution < 1.29 is 14.8 Å². The molecule has 0 saturated heterocycles. The monoisotopic (exact) mass is 273 g/mol. The second kappa shape index (κ2) is 6.18. The summed E-state index contributed by atoms with van der Waals surface area (Å²) in [6.45, 7) is 0.0222. The van der Waals surface area contributed by atoms with Gasteiger partial charge in [-0.3, -0.25) is 10.1 Å². The first-order chi connectivity index (χ1) is 8.45. The smallest absolute Gasteiger partial charge is 0.321 e. The standard InChI is InChI=1S/C10H12ClN3O4/c1-13(4-5-15)10(16)12-9-3-2-7(14(17)18)6-8(9)11/h2-3,6,15H,4-5H2,1H3,(H,12,16). The third-order valence-electron chi connectivity index (χ3n) is 2.19. The Morgan fingerprint density at radius 1 is 1.61 bits per heavy atom. The number of anilines is 1. The van der Waals surface area contributed by atoms with Gasteiger partial charge in [0.15, 0.2) is 0 Å². The topological polar surface area (TPSA) is 95.7 Å². The van der Waals surface area contributed by atoms with Crippen LogP contribution in [-0.2, 0) is 0 Å². The van der Waals surface area contributed by atoms with Crippen LogP contribution in [0.25, 0.3) is 0 Å². The number of likely N-dealkylation sites (N-methyl/N-ethyl adjacent to an activating group) is 1. The van der Waals surface area contributed by atoms with E-state index in [1.165, 1.54) is 24.1 Å². The fraction of sp³-hybridized carbons (Fsp3) is 0.300. The first-order valence-electron chi connectivity index (χ1n) is 5.02. The molecule has 0 aromatic heterocycles. The summed E-state index contributed by atoms with van der Waals surface area (Å²) in [6, 6.07) is 3.29. The lowest BCUT2D eigenvalue weighted by Gasteiger charge is -2.16. The molecule has 0 aliphatic carbocycles. The number of rotatable bonds is 4. The zero-order valence-electron chi connectivity index (χ0n) is 9.59. The van der Waals surface area contributed by atoms with E-state index in [9.17, 15) is 14.9 Å². The number of hydrogen-bond donors (Lipinski definition) is 2. The lowest BCUT2D eigenvalue weighted by atomic mass is 10.3. The molecule has 2 amide bonds. The molecule has 18 heavy (non-hydrogen) atoms. The first-order valence-corrected chi connectivity index (χ1v) is 5.40. The maximum absolute atomic E-state index is 11.6. The number of halogens is 1. The molecule has 8 heteroatoms. The van der Waals surface area contributed by atoms with Gasteiger partial charge in [0.2, 0.25) is 0 Å². The van der Waals surface area contributed by atoms with Crippen molar-refractivity contribution in [2.45, 2.75) is 0 Å². The van der Waals surface area contributed by atoms with E-state index in [1.54, 1.807) is 0 Å². The van der Waals surface area contributed by atoms with Crippen LogP contribution in [0.1, 0.15) is 0 Å². The molecular weight excluding hydrogens is 262 g/mol. The number of nitrogens with zero attached hydrogens (tertiary/aromatic N) is 2. The molecule has 0 spiro atoms. The minimum Gasteiger partial charge on any atom is -0.395 e. The number of carbonyl (C=O) groups excluding carboxylic acids is 1. The van der Waals surface area contributed by atoms with E-state index in [4.69, 9.17) is 16.7 Å². The predicted octanol–water partition coefficient (Wildman–Crippen LogP) is 1.70. The maximum Gasteiger partial charge on any atom is 0.321 e. The molecule has 0 radical (unpaired) electrons. The highest BCUT2D eigenvalue weighted by molar-refractivity contribution is 6.33. The number of hydrogen-bond acceptors (Lipinski definition) is 4. The third kappa shape index (κ3) is 3.57. The van der Waals surface area contributed by atoms with Crippen LogP contribution >= 0.6 is 11.6 Å². The summed E-state index contributed by atoms with van der Waals surface area (Å²) in [5.74, 6) is 0. The van der Waals surface area contributed by atoms with Crippen molar-refractivity contribution in [3.63, 3.8) is 0 Å². The molecule has 0 fully saturated rings. The second-order valence-electron chi connectivity index (χ2n) is 3.50. The summed E-state index contributed by atoms with van der Waals surface area (Å²) in [5.41, 5.74) is 0.124. The van der Waals surface area contributed by atoms with Gasteiger partial charge in [0.05, 0.1) is 22.2 Å². The molecule has 7 nitrogen and oxygen atoms in total. The van der Waals surface area contributed by atoms with E-state index in [0.717, 1.165) is 6.07 Å². The zero-order valence-corrected chi connectivity index (χ0v) is 10.3. The molecule has 0 aliphatic rings. The van der Waals surface area contributed by atoms with Gasteiger partial charge in [-0.2, -0.15) is 0 Å². The Hall–Kier alpha value is -1.86. The van der Waals surface area contributed by atoms with Crippen LogP contribution in [0.5, 0.6) is 0 Å². The van der Waals surface area contributed by atoms with Crippen LogP contribution in [0.3, 0.4) is 0 Å². The Morgan fingerprint density at radius 3 is 2.78 bits per heavy atom. The van der Waals surface area contributed by atoms with E-state index in [1.807, 2.05) is 0 Å². The summed E-state index contributed by atoms with van der Waals surface area (Å²) < 4.78 is 0. The van der Waals surface area contributed by atoms with Crippen molar-refractivity contribution in [3.8, 4) is 0 Å². The highest BCUT2D eigenvalue weighted by Gasteiger charge is 2.13. The molecule has 0 atom stereocenters. The van der Waals surface area contributed by atoms with Gasteiger partial charge in [-0.15, -0.1) is 0 Å². The Morgan fingerprint density at radius 2 is 2.28 bits per heavy atom. The number of urea groups is 1. The quantitative estimate of drug-likeness (QED) is 0.645. The summed E-state index contributed by atoms with van der Waals surface area (Å²) in [4.78, 5) is 22.8. The zero-order chi connectivity index (χ0) is 13.7. The number of benzene rings is 1. The molecule has 0 unspecified atom stereocenters. The largest absolute Gasteiger partial charge is 0.395 e. The maximum atomic E-state index is 11.6. The van der Waals surface area contributed by atoms with Crippen molar-refractivity contribution >= 4 is 29.0 Å². The minimum absolute atomic E-state index is 0.0787. The average molecular weight is 274 g/mol. The molecule has 0 saturated carbocycles. The van der Waals surface area contributed by atoms with E-state index in [2.05, 4.69) is 5.32 Å². The average Bonchev–Trinajstić information content (AvgIpc) is 2.31. The molecule has 0 aliphatic heterocycles. The normalized spacial score (nSPS) is 9.94. The Kier molecular flexibility index (Phi) is 4.87. The van der Waals surface area contributed by atoms with Crippen molar-refractivity contribution in [2.75, 3.05) is 25.5 Å². The van der Waals surface area contributed by atoms with Crippen molar-refractivity contribution in [1.82, 2.24) is 4.90 Å². The lowest BCUT2D eigenvalue weighted by Crippen LogP contribution is -2.33. The van der Waals surface area contributed by atoms with E-state index < -0.39 is 11.0 Å². The predicted molar refractivity (Wildman–Crippen MR) is 66.8 cm³/mol. The number of amides is 2. The molecule has 0 bridgehead atoms. The van der Waals surface area contributed by atoms with E-state index >= 15 is 0 Å². The highest BCUT2D eigenvalue weighted by Crippen LogP contribution is 2.26.